The average molecular weight is 299 g/mol. The molecule has 0 heterocycles. The summed E-state index contributed by atoms with van der Waals surface area (Å²) in [4.78, 5) is 10.5. The van der Waals surface area contributed by atoms with Gasteiger partial charge in [-0.1, -0.05) is 49.2 Å². The summed E-state index contributed by atoms with van der Waals surface area (Å²) in [5.74, 6) is -0.512. The SMILES string of the molecule is CCC[Si](OC)(OC)OCC(N)=O.Cc1ccccc1. The van der Waals surface area contributed by atoms with Crippen molar-refractivity contribution in [3.8, 4) is 0 Å². The van der Waals surface area contributed by atoms with Gasteiger partial charge in [-0.05, 0) is 6.92 Å². The van der Waals surface area contributed by atoms with E-state index in [9.17, 15) is 4.79 Å². The van der Waals surface area contributed by atoms with Crippen LogP contribution in [0.3, 0.4) is 0 Å². The Balaban J connectivity index is 0.000000428. The second-order valence-electron chi connectivity index (χ2n) is 4.25. The first-order valence-corrected chi connectivity index (χ1v) is 8.47. The van der Waals surface area contributed by atoms with E-state index in [2.05, 4.69) is 19.1 Å². The maximum atomic E-state index is 10.5. The van der Waals surface area contributed by atoms with E-state index in [0.717, 1.165) is 6.42 Å². The summed E-state index contributed by atoms with van der Waals surface area (Å²) in [7, 11) is 0.433. The number of carbonyl (C=O) groups is 1. The standard InChI is InChI=1S/C7H17NO4Si.C7H8/c1-4-5-13(10-2,11-3)12-6-7(8)9;1-7-5-3-2-4-6-7/h4-6H2,1-3H3,(H2,8,9);2-6H,1H3. The normalized spacial score (nSPS) is 10.6. The highest BCUT2D eigenvalue weighted by atomic mass is 28.4. The molecule has 0 saturated heterocycles. The lowest BCUT2D eigenvalue weighted by molar-refractivity contribution is -0.121. The minimum atomic E-state index is -2.61. The Morgan fingerprint density at radius 3 is 2.05 bits per heavy atom. The molecule has 1 aromatic carbocycles. The summed E-state index contributed by atoms with van der Waals surface area (Å²) in [6.45, 7) is 3.93. The molecule has 0 atom stereocenters. The van der Waals surface area contributed by atoms with Gasteiger partial charge in [0.1, 0.15) is 6.61 Å². The summed E-state index contributed by atoms with van der Waals surface area (Å²) < 4.78 is 15.6. The zero-order valence-electron chi connectivity index (χ0n) is 12.7. The molecule has 0 fully saturated rings. The minimum absolute atomic E-state index is 0.145. The molecular formula is C14H25NO4Si. The molecule has 6 heteroatoms. The van der Waals surface area contributed by atoms with Crippen LogP contribution in [0.15, 0.2) is 30.3 Å². The van der Waals surface area contributed by atoms with Crippen LogP contribution in [-0.4, -0.2) is 35.5 Å². The predicted molar refractivity (Wildman–Crippen MR) is 81.2 cm³/mol. The van der Waals surface area contributed by atoms with Gasteiger partial charge in [-0.3, -0.25) is 4.79 Å². The van der Waals surface area contributed by atoms with E-state index in [1.54, 1.807) is 0 Å². The molecule has 0 aromatic heterocycles. The molecule has 1 rings (SSSR count). The van der Waals surface area contributed by atoms with Crippen molar-refractivity contribution in [2.75, 3.05) is 20.8 Å². The van der Waals surface area contributed by atoms with Crippen molar-refractivity contribution in [1.29, 1.82) is 0 Å². The van der Waals surface area contributed by atoms with Gasteiger partial charge in [0.2, 0.25) is 5.91 Å². The van der Waals surface area contributed by atoms with E-state index >= 15 is 0 Å². The quantitative estimate of drug-likeness (QED) is 0.783. The zero-order chi connectivity index (χ0) is 15.4. The van der Waals surface area contributed by atoms with Gasteiger partial charge < -0.3 is 19.0 Å². The Kier molecular flexibility index (Phi) is 9.92. The van der Waals surface area contributed by atoms with Crippen LogP contribution in [0, 0.1) is 6.92 Å². The van der Waals surface area contributed by atoms with E-state index < -0.39 is 14.7 Å². The fourth-order valence-electron chi connectivity index (χ4n) is 1.50. The molecule has 0 aliphatic heterocycles. The van der Waals surface area contributed by atoms with Crippen LogP contribution in [0.2, 0.25) is 6.04 Å². The molecule has 0 unspecified atom stereocenters. The largest absolute Gasteiger partial charge is 0.500 e. The van der Waals surface area contributed by atoms with Crippen LogP contribution >= 0.6 is 0 Å². The van der Waals surface area contributed by atoms with Gasteiger partial charge in [0.25, 0.3) is 0 Å². The van der Waals surface area contributed by atoms with Crippen LogP contribution in [0.1, 0.15) is 18.9 Å². The lowest BCUT2D eigenvalue weighted by Crippen LogP contribution is -2.45. The van der Waals surface area contributed by atoms with Crippen LogP contribution in [-0.2, 0) is 18.1 Å². The Morgan fingerprint density at radius 2 is 1.75 bits per heavy atom. The van der Waals surface area contributed by atoms with Crippen molar-refractivity contribution in [1.82, 2.24) is 0 Å². The van der Waals surface area contributed by atoms with E-state index in [0.29, 0.717) is 6.04 Å². The van der Waals surface area contributed by atoms with Gasteiger partial charge in [0, 0.05) is 20.3 Å². The summed E-state index contributed by atoms with van der Waals surface area (Å²) in [6, 6.07) is 10.9. The van der Waals surface area contributed by atoms with Crippen LogP contribution in [0.4, 0.5) is 0 Å². The fraction of sp³-hybridized carbons (Fsp3) is 0.500. The van der Waals surface area contributed by atoms with Crippen molar-refractivity contribution < 1.29 is 18.1 Å². The molecule has 1 aromatic rings. The summed E-state index contributed by atoms with van der Waals surface area (Å²) in [5.41, 5.74) is 6.27. The van der Waals surface area contributed by atoms with Gasteiger partial charge in [0.15, 0.2) is 0 Å². The first-order valence-electron chi connectivity index (χ1n) is 6.54. The smallest absolute Gasteiger partial charge is 0.377 e. The maximum Gasteiger partial charge on any atom is 0.500 e. The van der Waals surface area contributed by atoms with Crippen LogP contribution in [0.25, 0.3) is 0 Å². The number of carbonyl (C=O) groups excluding carboxylic acids is 1. The molecule has 114 valence electrons. The number of rotatable bonds is 7. The number of aryl methyl sites for hydroxylation is 1. The third-order valence-corrected chi connectivity index (χ3v) is 5.49. The Bertz CT molecular complexity index is 369. The molecule has 0 spiro atoms. The molecule has 0 aliphatic carbocycles. The summed E-state index contributed by atoms with van der Waals surface area (Å²) in [6.07, 6.45) is 0.882. The maximum absolute atomic E-state index is 10.5. The molecule has 20 heavy (non-hydrogen) atoms. The van der Waals surface area contributed by atoms with Gasteiger partial charge in [-0.15, -0.1) is 0 Å². The molecule has 0 radical (unpaired) electrons. The van der Waals surface area contributed by atoms with E-state index in [1.165, 1.54) is 19.8 Å². The third kappa shape index (κ3) is 8.06. The van der Waals surface area contributed by atoms with E-state index in [-0.39, 0.29) is 6.61 Å². The molecule has 1 amide bonds. The number of benzene rings is 1. The number of amides is 1. The lowest BCUT2D eigenvalue weighted by atomic mass is 10.2. The Hall–Kier alpha value is -1.21. The second kappa shape index (κ2) is 10.6. The topological polar surface area (TPSA) is 70.8 Å². The van der Waals surface area contributed by atoms with Crippen LogP contribution < -0.4 is 5.73 Å². The van der Waals surface area contributed by atoms with Crippen molar-refractivity contribution in [3.05, 3.63) is 35.9 Å². The van der Waals surface area contributed by atoms with Crippen LogP contribution in [0.5, 0.6) is 0 Å². The van der Waals surface area contributed by atoms with Crippen molar-refractivity contribution >= 4 is 14.7 Å². The molecule has 2 N–H and O–H groups in total. The van der Waals surface area contributed by atoms with Crippen molar-refractivity contribution in [2.24, 2.45) is 5.73 Å². The predicted octanol–water partition coefficient (Wildman–Crippen LogP) is 2.13. The molecule has 0 aliphatic rings. The summed E-state index contributed by atoms with van der Waals surface area (Å²) in [5, 5.41) is 0. The number of hydrogen-bond acceptors (Lipinski definition) is 4. The number of primary amides is 1. The fourth-order valence-corrected chi connectivity index (χ4v) is 3.43. The van der Waals surface area contributed by atoms with Crippen molar-refractivity contribution in [2.45, 2.75) is 26.3 Å². The zero-order valence-corrected chi connectivity index (χ0v) is 13.7. The highest BCUT2D eigenvalue weighted by molar-refractivity contribution is 6.60. The first kappa shape index (κ1) is 18.8. The molecular weight excluding hydrogens is 274 g/mol. The third-order valence-electron chi connectivity index (χ3n) is 2.55. The Morgan fingerprint density at radius 1 is 1.20 bits per heavy atom. The van der Waals surface area contributed by atoms with Gasteiger partial charge >= 0.3 is 8.80 Å². The number of nitrogens with two attached hydrogens (primary N) is 1. The molecule has 5 nitrogen and oxygen atoms in total. The van der Waals surface area contributed by atoms with Gasteiger partial charge in [-0.2, -0.15) is 0 Å². The Labute approximate surface area is 122 Å². The highest BCUT2D eigenvalue weighted by Gasteiger charge is 2.38. The first-order chi connectivity index (χ1) is 9.49. The monoisotopic (exact) mass is 299 g/mol. The lowest BCUT2D eigenvalue weighted by Gasteiger charge is -2.25. The van der Waals surface area contributed by atoms with Crippen molar-refractivity contribution in [3.63, 3.8) is 0 Å². The minimum Gasteiger partial charge on any atom is -0.377 e. The summed E-state index contributed by atoms with van der Waals surface area (Å²) >= 11 is 0. The average Bonchev–Trinajstić information content (AvgIpc) is 2.45. The van der Waals surface area contributed by atoms with Gasteiger partial charge in [-0.25, -0.2) is 0 Å². The van der Waals surface area contributed by atoms with E-state index in [4.69, 9.17) is 19.0 Å². The van der Waals surface area contributed by atoms with E-state index in [1.807, 2.05) is 25.1 Å². The molecule has 0 bridgehead atoms. The second-order valence-corrected chi connectivity index (χ2v) is 7.22. The molecule has 0 saturated carbocycles. The highest BCUT2D eigenvalue weighted by Crippen LogP contribution is 2.15. The van der Waals surface area contributed by atoms with Gasteiger partial charge in [0.05, 0.1) is 0 Å². The number of hydrogen-bond donors (Lipinski definition) is 1.